The summed E-state index contributed by atoms with van der Waals surface area (Å²) in [5, 5.41) is 1.23. The second-order valence-corrected chi connectivity index (χ2v) is 5.51. The maximum Gasteiger partial charge on any atom is 0.135 e. The van der Waals surface area contributed by atoms with Crippen LogP contribution in [0, 0.1) is 0 Å². The van der Waals surface area contributed by atoms with Gasteiger partial charge in [0.15, 0.2) is 0 Å². The summed E-state index contributed by atoms with van der Waals surface area (Å²) in [5.41, 5.74) is 3.82. The maximum atomic E-state index is 4.90. The van der Waals surface area contributed by atoms with Gasteiger partial charge in [-0.1, -0.05) is 36.4 Å². The number of nitrogens with zero attached hydrogens (tertiary/aromatic N) is 3. The van der Waals surface area contributed by atoms with Crippen molar-refractivity contribution >= 4 is 28.2 Å². The van der Waals surface area contributed by atoms with Gasteiger partial charge in [0.25, 0.3) is 0 Å². The molecule has 0 bridgehead atoms. The van der Waals surface area contributed by atoms with Crippen LogP contribution in [0.2, 0.25) is 0 Å². The van der Waals surface area contributed by atoms with E-state index in [1.165, 1.54) is 22.2 Å². The molecule has 0 atom stereocenters. The van der Waals surface area contributed by atoms with Crippen LogP contribution >= 0.6 is 0 Å². The molecule has 0 spiro atoms. The molecule has 0 saturated carbocycles. The topological polar surface area (TPSA) is 20.5 Å². The first kappa shape index (κ1) is 12.2. The van der Waals surface area contributed by atoms with E-state index in [1.807, 2.05) is 0 Å². The second kappa shape index (κ2) is 4.48. The first-order valence-electron chi connectivity index (χ1n) is 7.18. The van der Waals surface area contributed by atoms with Gasteiger partial charge in [-0.3, -0.25) is 0 Å². The van der Waals surface area contributed by atoms with E-state index < -0.39 is 0 Å². The molecule has 1 aliphatic heterocycles. The van der Waals surface area contributed by atoms with Gasteiger partial charge >= 0.3 is 0 Å². The van der Waals surface area contributed by atoms with E-state index in [0.29, 0.717) is 0 Å². The third-order valence-electron chi connectivity index (χ3n) is 4.26. The monoisotopic (exact) mass is 275 g/mol. The van der Waals surface area contributed by atoms with E-state index in [2.05, 4.69) is 78.2 Å². The van der Waals surface area contributed by atoms with Gasteiger partial charge < -0.3 is 9.47 Å². The van der Waals surface area contributed by atoms with Crippen molar-refractivity contribution in [2.24, 2.45) is 12.0 Å². The predicted molar refractivity (Wildman–Crippen MR) is 88.6 cm³/mol. The molecule has 1 aromatic heterocycles. The number of benzene rings is 2. The van der Waals surface area contributed by atoms with Gasteiger partial charge in [-0.2, -0.15) is 0 Å². The SMILES string of the molecule is CN1C(=Nc2cc3ccccc3n2C)Cc2ccccc21. The van der Waals surface area contributed by atoms with Crippen LogP contribution in [0.1, 0.15) is 5.56 Å². The Morgan fingerprint density at radius 2 is 1.71 bits per heavy atom. The van der Waals surface area contributed by atoms with E-state index in [4.69, 9.17) is 4.99 Å². The number of rotatable bonds is 1. The zero-order chi connectivity index (χ0) is 14.4. The Labute approximate surface area is 124 Å². The van der Waals surface area contributed by atoms with Gasteiger partial charge in [0.05, 0.1) is 0 Å². The Morgan fingerprint density at radius 3 is 2.52 bits per heavy atom. The van der Waals surface area contributed by atoms with Crippen LogP contribution in [0.4, 0.5) is 11.5 Å². The van der Waals surface area contributed by atoms with Crippen LogP contribution in [-0.2, 0) is 13.5 Å². The van der Waals surface area contributed by atoms with E-state index in [-0.39, 0.29) is 0 Å². The summed E-state index contributed by atoms with van der Waals surface area (Å²) < 4.78 is 2.15. The van der Waals surface area contributed by atoms with Crippen molar-refractivity contribution in [1.82, 2.24) is 4.57 Å². The number of likely N-dealkylation sites (N-methyl/N-ethyl adjacent to an activating group) is 1. The van der Waals surface area contributed by atoms with Crippen LogP contribution < -0.4 is 4.90 Å². The highest BCUT2D eigenvalue weighted by Crippen LogP contribution is 2.30. The average molecular weight is 275 g/mol. The fourth-order valence-electron chi connectivity index (χ4n) is 3.04. The van der Waals surface area contributed by atoms with Gasteiger partial charge in [0, 0.05) is 37.1 Å². The average Bonchev–Trinajstić information content (AvgIpc) is 2.99. The number of para-hydroxylation sites is 2. The summed E-state index contributed by atoms with van der Waals surface area (Å²) >= 11 is 0. The molecule has 21 heavy (non-hydrogen) atoms. The second-order valence-electron chi connectivity index (χ2n) is 5.51. The van der Waals surface area contributed by atoms with Crippen LogP contribution in [0.5, 0.6) is 0 Å². The van der Waals surface area contributed by atoms with Gasteiger partial charge in [-0.15, -0.1) is 0 Å². The third-order valence-corrected chi connectivity index (χ3v) is 4.26. The maximum absolute atomic E-state index is 4.90. The molecule has 0 radical (unpaired) electrons. The zero-order valence-corrected chi connectivity index (χ0v) is 12.2. The lowest BCUT2D eigenvalue weighted by molar-refractivity contribution is 0.962. The van der Waals surface area contributed by atoms with Crippen molar-refractivity contribution in [3.8, 4) is 0 Å². The van der Waals surface area contributed by atoms with Gasteiger partial charge in [-0.25, -0.2) is 4.99 Å². The van der Waals surface area contributed by atoms with Crippen molar-refractivity contribution in [2.75, 3.05) is 11.9 Å². The van der Waals surface area contributed by atoms with Crippen LogP contribution in [0.3, 0.4) is 0 Å². The number of aryl methyl sites for hydroxylation is 1. The fourth-order valence-corrected chi connectivity index (χ4v) is 3.04. The lowest BCUT2D eigenvalue weighted by Gasteiger charge is -2.13. The first-order chi connectivity index (χ1) is 10.2. The number of fused-ring (bicyclic) bond motifs is 2. The minimum atomic E-state index is 0.897. The Kier molecular flexibility index (Phi) is 2.61. The number of anilines is 1. The van der Waals surface area contributed by atoms with Crippen molar-refractivity contribution in [3.63, 3.8) is 0 Å². The zero-order valence-electron chi connectivity index (χ0n) is 12.2. The Balaban J connectivity index is 1.80. The van der Waals surface area contributed by atoms with Gasteiger partial charge in [0.1, 0.15) is 11.7 Å². The van der Waals surface area contributed by atoms with Crippen LogP contribution in [-0.4, -0.2) is 17.5 Å². The molecule has 0 unspecified atom stereocenters. The van der Waals surface area contributed by atoms with Crippen molar-refractivity contribution in [1.29, 1.82) is 0 Å². The van der Waals surface area contributed by atoms with E-state index in [9.17, 15) is 0 Å². The Hall–Kier alpha value is -2.55. The summed E-state index contributed by atoms with van der Waals surface area (Å²) in [5.74, 6) is 2.10. The summed E-state index contributed by atoms with van der Waals surface area (Å²) in [7, 11) is 4.16. The molecule has 2 heterocycles. The van der Waals surface area contributed by atoms with Crippen molar-refractivity contribution in [2.45, 2.75) is 6.42 Å². The number of aliphatic imine (C=N–C) groups is 1. The minimum absolute atomic E-state index is 0.897. The Morgan fingerprint density at radius 1 is 0.952 bits per heavy atom. The third kappa shape index (κ3) is 1.85. The van der Waals surface area contributed by atoms with Gasteiger partial charge in [0.2, 0.25) is 0 Å². The smallest absolute Gasteiger partial charge is 0.135 e. The molecule has 3 nitrogen and oxygen atoms in total. The molecule has 3 aromatic rings. The molecule has 4 rings (SSSR count). The highest BCUT2D eigenvalue weighted by molar-refractivity contribution is 6.06. The standard InChI is InChI=1S/C18H17N3/c1-20-15-9-5-3-7-13(15)11-17(20)19-18-12-14-8-4-6-10-16(14)21(18)2/h3-11H,12H2,1-2H3. The highest BCUT2D eigenvalue weighted by Gasteiger charge is 2.22. The molecule has 3 heteroatoms. The lowest BCUT2D eigenvalue weighted by Crippen LogP contribution is -2.21. The van der Waals surface area contributed by atoms with Crippen molar-refractivity contribution < 1.29 is 0 Å². The molecule has 0 saturated heterocycles. The molecule has 104 valence electrons. The van der Waals surface area contributed by atoms with Crippen LogP contribution in [0.25, 0.3) is 10.9 Å². The Bertz CT molecular complexity index is 858. The molecule has 0 fully saturated rings. The first-order valence-corrected chi connectivity index (χ1v) is 7.18. The summed E-state index contributed by atoms with van der Waals surface area (Å²) in [6.07, 6.45) is 0.897. The largest absolute Gasteiger partial charge is 0.332 e. The van der Waals surface area contributed by atoms with Crippen molar-refractivity contribution in [3.05, 3.63) is 60.2 Å². The van der Waals surface area contributed by atoms with E-state index in [1.54, 1.807) is 0 Å². The molecule has 0 N–H and O–H groups in total. The predicted octanol–water partition coefficient (Wildman–Crippen LogP) is 3.90. The molecule has 1 aliphatic rings. The number of aromatic nitrogens is 1. The quantitative estimate of drug-likeness (QED) is 0.659. The van der Waals surface area contributed by atoms with Gasteiger partial charge in [-0.05, 0) is 23.8 Å². The van der Waals surface area contributed by atoms with Crippen LogP contribution in [0.15, 0.2) is 59.6 Å². The number of hydrogen-bond acceptors (Lipinski definition) is 1. The van der Waals surface area contributed by atoms with E-state index in [0.717, 1.165) is 18.1 Å². The van der Waals surface area contributed by atoms with E-state index >= 15 is 0 Å². The lowest BCUT2D eigenvalue weighted by atomic mass is 10.2. The number of hydrogen-bond donors (Lipinski definition) is 0. The summed E-state index contributed by atoms with van der Waals surface area (Å²) in [6.45, 7) is 0. The summed E-state index contributed by atoms with van der Waals surface area (Å²) in [6, 6.07) is 19.0. The molecular weight excluding hydrogens is 258 g/mol. The normalized spacial score (nSPS) is 15.9. The molecule has 0 amide bonds. The highest BCUT2D eigenvalue weighted by atomic mass is 15.2. The number of amidine groups is 1. The summed E-state index contributed by atoms with van der Waals surface area (Å²) in [4.78, 5) is 7.08. The molecule has 2 aromatic carbocycles. The minimum Gasteiger partial charge on any atom is -0.332 e. The fraction of sp³-hybridized carbons (Fsp3) is 0.167. The molecular formula is C18H17N3. The molecule has 0 aliphatic carbocycles.